The highest BCUT2D eigenvalue weighted by Crippen LogP contribution is 2.37. The van der Waals surface area contributed by atoms with Crippen molar-refractivity contribution >= 4 is 28.3 Å². The molecular formula is C29H35N5O4S. The van der Waals surface area contributed by atoms with Gasteiger partial charge in [0.1, 0.15) is 18.1 Å². The van der Waals surface area contributed by atoms with Gasteiger partial charge in [-0.05, 0) is 49.0 Å². The molecule has 1 spiro atoms. The first-order valence-corrected chi connectivity index (χ1v) is 14.1. The summed E-state index contributed by atoms with van der Waals surface area (Å²) in [4.78, 5) is 34.9. The molecule has 2 amide bonds. The van der Waals surface area contributed by atoms with E-state index < -0.39 is 0 Å². The number of piperidine rings is 1. The summed E-state index contributed by atoms with van der Waals surface area (Å²) in [5, 5.41) is 8.63. The Morgan fingerprint density at radius 1 is 1.28 bits per heavy atom. The highest BCUT2D eigenvalue weighted by atomic mass is 32.1. The van der Waals surface area contributed by atoms with Gasteiger partial charge in [-0.2, -0.15) is 0 Å². The molecule has 0 unspecified atom stereocenters. The summed E-state index contributed by atoms with van der Waals surface area (Å²) in [5.41, 5.74) is 3.86. The Labute approximate surface area is 233 Å². The predicted molar refractivity (Wildman–Crippen MR) is 152 cm³/mol. The van der Waals surface area contributed by atoms with E-state index in [9.17, 15) is 9.59 Å². The second kappa shape index (κ2) is 11.7. The normalized spacial score (nSPS) is 18.7. The molecular weight excluding hydrogens is 514 g/mol. The summed E-state index contributed by atoms with van der Waals surface area (Å²) in [5.74, 6) is 0.157. The molecule has 2 saturated heterocycles. The molecule has 9 nitrogen and oxygen atoms in total. The summed E-state index contributed by atoms with van der Waals surface area (Å²) in [6, 6.07) is 5.50. The fourth-order valence-electron chi connectivity index (χ4n) is 5.26. The van der Waals surface area contributed by atoms with Crippen molar-refractivity contribution in [2.24, 2.45) is 5.41 Å². The number of amides is 2. The number of thiazole rings is 1. The zero-order valence-corrected chi connectivity index (χ0v) is 23.3. The van der Waals surface area contributed by atoms with Gasteiger partial charge in [-0.25, -0.2) is 4.98 Å². The van der Waals surface area contributed by atoms with Gasteiger partial charge < -0.3 is 25.0 Å². The van der Waals surface area contributed by atoms with E-state index in [1.54, 1.807) is 29.5 Å². The number of aromatic nitrogens is 1. The number of hydrogen-bond donors (Lipinski definition) is 2. The lowest BCUT2D eigenvalue weighted by molar-refractivity contribution is 0.0703. The Hall–Kier alpha value is -3.47. The molecule has 3 aliphatic heterocycles. The molecule has 1 aromatic carbocycles. The van der Waals surface area contributed by atoms with Crippen LogP contribution in [0.1, 0.15) is 46.2 Å². The molecule has 0 atom stereocenters. The molecule has 0 bridgehead atoms. The van der Waals surface area contributed by atoms with Gasteiger partial charge >= 0.3 is 0 Å². The number of allylic oxidation sites excluding steroid dienone is 3. The Morgan fingerprint density at radius 2 is 2.08 bits per heavy atom. The fraction of sp³-hybridized carbons (Fsp3) is 0.414. The molecule has 206 valence electrons. The lowest BCUT2D eigenvalue weighted by Crippen LogP contribution is -2.58. The van der Waals surface area contributed by atoms with E-state index in [1.807, 2.05) is 31.2 Å². The van der Waals surface area contributed by atoms with Crippen LogP contribution in [0.25, 0.3) is 0 Å². The Kier molecular flexibility index (Phi) is 8.15. The number of carbonyl (C=O) groups excluding carboxylic acids is 2. The maximum atomic E-state index is 13.2. The predicted octanol–water partition coefficient (Wildman–Crippen LogP) is 3.72. The van der Waals surface area contributed by atoms with Crippen LogP contribution in [0.2, 0.25) is 0 Å². The fourth-order valence-corrected chi connectivity index (χ4v) is 6.06. The third-order valence-electron chi connectivity index (χ3n) is 7.65. The zero-order valence-electron chi connectivity index (χ0n) is 22.5. The number of ether oxygens (including phenoxy) is 2. The molecule has 0 radical (unpaired) electrons. The van der Waals surface area contributed by atoms with Gasteiger partial charge in [0, 0.05) is 44.2 Å². The molecule has 3 aliphatic rings. The highest BCUT2D eigenvalue weighted by Gasteiger charge is 2.40. The summed E-state index contributed by atoms with van der Waals surface area (Å²) >= 11 is 1.28. The molecule has 4 heterocycles. The number of carbonyl (C=O) groups is 2. The molecule has 0 aliphatic carbocycles. The van der Waals surface area contributed by atoms with Crippen LogP contribution in [0.5, 0.6) is 5.75 Å². The topological polar surface area (TPSA) is 96.0 Å². The Morgan fingerprint density at radius 3 is 2.74 bits per heavy atom. The summed E-state index contributed by atoms with van der Waals surface area (Å²) in [6.07, 6.45) is 7.87. The average Bonchev–Trinajstić information content (AvgIpc) is 3.55. The van der Waals surface area contributed by atoms with E-state index in [0.717, 1.165) is 56.0 Å². The third kappa shape index (κ3) is 5.63. The van der Waals surface area contributed by atoms with Gasteiger partial charge in [0.05, 0.1) is 24.5 Å². The van der Waals surface area contributed by atoms with Gasteiger partial charge in [-0.1, -0.05) is 24.8 Å². The standard InChI is InChI=1S/C29H35N5O4S/c1-4-6-25(33-11-9-29(10-12-33)18-30-19-29)23(5-2)31-26(35)24-17-39-28(32-24)34-16-20-7-8-21(38-14-13-37-3)15-22(20)27(34)36/h4-8,15,17,30H,1,9-14,16,18-19H2,2-3H3,(H,31,35)/b23-5+,25-6+. The van der Waals surface area contributed by atoms with E-state index in [2.05, 4.69) is 27.1 Å². The van der Waals surface area contributed by atoms with Crippen LogP contribution in [0.3, 0.4) is 0 Å². The number of nitrogens with one attached hydrogen (secondary N) is 2. The first kappa shape index (κ1) is 27.1. The van der Waals surface area contributed by atoms with Crippen molar-refractivity contribution in [2.75, 3.05) is 51.4 Å². The first-order valence-electron chi connectivity index (χ1n) is 13.3. The van der Waals surface area contributed by atoms with Gasteiger partial charge in [-0.3, -0.25) is 14.5 Å². The van der Waals surface area contributed by atoms with E-state index in [-0.39, 0.29) is 17.5 Å². The highest BCUT2D eigenvalue weighted by molar-refractivity contribution is 7.14. The van der Waals surface area contributed by atoms with E-state index in [0.29, 0.717) is 41.6 Å². The van der Waals surface area contributed by atoms with Crippen LogP contribution in [-0.4, -0.2) is 68.2 Å². The number of fused-ring (bicyclic) bond motifs is 1. The van der Waals surface area contributed by atoms with Crippen molar-refractivity contribution in [2.45, 2.75) is 26.3 Å². The number of anilines is 1. The zero-order chi connectivity index (χ0) is 27.4. The van der Waals surface area contributed by atoms with E-state index >= 15 is 0 Å². The molecule has 1 aromatic heterocycles. The Balaban J connectivity index is 1.24. The van der Waals surface area contributed by atoms with E-state index in [4.69, 9.17) is 9.47 Å². The minimum absolute atomic E-state index is 0.154. The molecule has 5 rings (SSSR count). The number of rotatable bonds is 10. The SMILES string of the molecule is C=C/C=C(\C(=C/C)NC(=O)c1csc(N2Cc3ccc(OCCOC)cc3C2=O)n1)N1CCC2(CC1)CNC2. The van der Waals surface area contributed by atoms with E-state index in [1.165, 1.54) is 11.3 Å². The van der Waals surface area contributed by atoms with Crippen molar-refractivity contribution in [3.63, 3.8) is 0 Å². The van der Waals surface area contributed by atoms with Crippen molar-refractivity contribution in [3.05, 3.63) is 76.6 Å². The molecule has 10 heteroatoms. The number of methoxy groups -OCH3 is 1. The summed E-state index contributed by atoms with van der Waals surface area (Å²) in [6.45, 7) is 11.1. The summed E-state index contributed by atoms with van der Waals surface area (Å²) in [7, 11) is 1.61. The molecule has 2 aromatic rings. The second-order valence-electron chi connectivity index (χ2n) is 10.1. The quantitative estimate of drug-likeness (QED) is 0.345. The lowest BCUT2D eigenvalue weighted by atomic mass is 9.73. The minimum atomic E-state index is -0.310. The van der Waals surface area contributed by atoms with Crippen LogP contribution < -0.4 is 20.3 Å². The van der Waals surface area contributed by atoms with Crippen molar-refractivity contribution in [1.29, 1.82) is 0 Å². The van der Waals surface area contributed by atoms with Crippen LogP contribution >= 0.6 is 11.3 Å². The van der Waals surface area contributed by atoms with Crippen LogP contribution in [0.4, 0.5) is 5.13 Å². The number of nitrogens with zero attached hydrogens (tertiary/aromatic N) is 3. The summed E-state index contributed by atoms with van der Waals surface area (Å²) < 4.78 is 10.7. The van der Waals surface area contributed by atoms with Crippen LogP contribution in [-0.2, 0) is 11.3 Å². The first-order chi connectivity index (χ1) is 19.0. The van der Waals surface area contributed by atoms with Crippen molar-refractivity contribution in [1.82, 2.24) is 20.5 Å². The van der Waals surface area contributed by atoms with Gasteiger partial charge in [0.25, 0.3) is 11.8 Å². The number of likely N-dealkylation sites (tertiary alicyclic amines) is 1. The smallest absolute Gasteiger partial charge is 0.275 e. The molecule has 2 N–H and O–H groups in total. The van der Waals surface area contributed by atoms with Crippen LogP contribution in [0.15, 0.2) is 59.8 Å². The number of benzene rings is 1. The maximum absolute atomic E-state index is 13.2. The molecule has 39 heavy (non-hydrogen) atoms. The second-order valence-corrected chi connectivity index (χ2v) is 10.9. The third-order valence-corrected chi connectivity index (χ3v) is 8.51. The Bertz CT molecular complexity index is 1300. The largest absolute Gasteiger partial charge is 0.491 e. The minimum Gasteiger partial charge on any atom is -0.491 e. The van der Waals surface area contributed by atoms with Gasteiger partial charge in [0.2, 0.25) is 0 Å². The average molecular weight is 550 g/mol. The van der Waals surface area contributed by atoms with Gasteiger partial charge in [0.15, 0.2) is 5.13 Å². The molecule has 2 fully saturated rings. The molecule has 0 saturated carbocycles. The maximum Gasteiger partial charge on any atom is 0.275 e. The van der Waals surface area contributed by atoms with Crippen molar-refractivity contribution < 1.29 is 19.1 Å². The van der Waals surface area contributed by atoms with Crippen molar-refractivity contribution in [3.8, 4) is 5.75 Å². The van der Waals surface area contributed by atoms with Crippen LogP contribution in [0, 0.1) is 5.41 Å². The number of hydrogen-bond acceptors (Lipinski definition) is 8. The monoisotopic (exact) mass is 549 g/mol. The van der Waals surface area contributed by atoms with Gasteiger partial charge in [-0.15, -0.1) is 11.3 Å². The lowest BCUT2D eigenvalue weighted by Gasteiger charge is -2.49.